The van der Waals surface area contributed by atoms with E-state index in [0.717, 1.165) is 5.39 Å². The van der Waals surface area contributed by atoms with Crippen molar-refractivity contribution >= 4 is 29.8 Å². The second-order valence-corrected chi connectivity index (χ2v) is 8.59. The van der Waals surface area contributed by atoms with Crippen molar-refractivity contribution in [2.45, 2.75) is 4.90 Å². The quantitative estimate of drug-likeness (QED) is 0.688. The van der Waals surface area contributed by atoms with Gasteiger partial charge in [0.15, 0.2) is 0 Å². The highest BCUT2D eigenvalue weighted by atomic mass is 33.2. The molecule has 0 aliphatic rings. The predicted molar refractivity (Wildman–Crippen MR) is 86.3 cm³/mol. The summed E-state index contributed by atoms with van der Waals surface area (Å²) in [5.41, 5.74) is 0. The Morgan fingerprint density at radius 3 is 2.18 bits per heavy atom. The van der Waals surface area contributed by atoms with Gasteiger partial charge in [0.25, 0.3) is 8.87 Å². The highest BCUT2D eigenvalue weighted by molar-refractivity contribution is 8.62. The summed E-state index contributed by atoms with van der Waals surface area (Å²) in [6.07, 6.45) is 0. The number of hydrogen-bond donors (Lipinski definition) is 0. The summed E-state index contributed by atoms with van der Waals surface area (Å²) in [7, 11) is -6.63. The lowest BCUT2D eigenvalue weighted by molar-refractivity contribution is 0.561. The van der Waals surface area contributed by atoms with Crippen molar-refractivity contribution < 1.29 is 16.8 Å². The van der Waals surface area contributed by atoms with Crippen LogP contribution in [0.15, 0.2) is 77.7 Å². The maximum Gasteiger partial charge on any atom is 0.334 e. The zero-order valence-electron chi connectivity index (χ0n) is 11.4. The van der Waals surface area contributed by atoms with Gasteiger partial charge in [0.2, 0.25) is 0 Å². The molecule has 0 aliphatic heterocycles. The number of hydrogen-bond acceptors (Lipinski definition) is 4. The monoisotopic (exact) mass is 332 g/mol. The van der Waals surface area contributed by atoms with Crippen LogP contribution in [0.25, 0.3) is 10.8 Å². The molecule has 1 atom stereocenters. The average Bonchev–Trinajstić information content (AvgIpc) is 2.55. The lowest BCUT2D eigenvalue weighted by Crippen LogP contribution is -2.14. The molecule has 0 amide bonds. The third-order valence-corrected chi connectivity index (χ3v) is 6.50. The van der Waals surface area contributed by atoms with Gasteiger partial charge in [0.05, 0.1) is 4.90 Å². The van der Waals surface area contributed by atoms with E-state index in [1.54, 1.807) is 60.7 Å². The molecule has 0 fully saturated rings. The van der Waals surface area contributed by atoms with Crippen LogP contribution < -0.4 is 4.18 Å². The van der Waals surface area contributed by atoms with E-state index in [2.05, 4.69) is 0 Å². The van der Waals surface area contributed by atoms with Gasteiger partial charge in [-0.3, -0.25) is 0 Å². The first-order chi connectivity index (χ1) is 10.6. The van der Waals surface area contributed by atoms with E-state index < -0.39 is 19.0 Å². The van der Waals surface area contributed by atoms with Crippen molar-refractivity contribution in [1.29, 1.82) is 0 Å². The molecule has 3 aromatic carbocycles. The third-order valence-electron chi connectivity index (χ3n) is 3.11. The summed E-state index contributed by atoms with van der Waals surface area (Å²) in [6.45, 7) is 0. The number of para-hydroxylation sites is 1. The molecule has 1 unspecified atom stereocenters. The summed E-state index contributed by atoms with van der Waals surface area (Å²) in [5.74, 6) is 0.240. The molecule has 0 aliphatic carbocycles. The Morgan fingerprint density at radius 1 is 0.773 bits per heavy atom. The molecule has 0 saturated carbocycles. The van der Waals surface area contributed by atoms with Gasteiger partial charge in [-0.05, 0) is 23.6 Å². The van der Waals surface area contributed by atoms with Gasteiger partial charge >= 0.3 is 10.1 Å². The molecule has 0 N–H and O–H groups in total. The molecule has 0 heterocycles. The van der Waals surface area contributed by atoms with Crippen LogP contribution in [-0.2, 0) is 19.0 Å². The zero-order valence-corrected chi connectivity index (χ0v) is 13.0. The summed E-state index contributed by atoms with van der Waals surface area (Å²) >= 11 is 0. The Labute approximate surface area is 130 Å². The van der Waals surface area contributed by atoms with Crippen LogP contribution in [-0.4, -0.2) is 12.6 Å². The molecular weight excluding hydrogens is 320 g/mol. The van der Waals surface area contributed by atoms with Gasteiger partial charge in [0, 0.05) is 5.39 Å². The number of benzene rings is 3. The first-order valence-electron chi connectivity index (χ1n) is 6.47. The molecular formula is C16H12O4S2. The zero-order chi connectivity index (χ0) is 15.6. The number of fused-ring (bicyclic) bond motifs is 1. The molecule has 3 rings (SSSR count). The molecule has 22 heavy (non-hydrogen) atoms. The van der Waals surface area contributed by atoms with Crippen LogP contribution in [0, 0.1) is 0 Å². The lowest BCUT2D eigenvalue weighted by Gasteiger charge is -2.08. The van der Waals surface area contributed by atoms with Crippen molar-refractivity contribution in [2.24, 2.45) is 0 Å². The standard InChI is InChI=1S/C16H12O4S2/c17-21(20-14-9-2-1-3-10-14)22(18,19)16-12-6-8-13-7-4-5-11-15(13)16/h1-12H. The molecule has 0 saturated heterocycles. The topological polar surface area (TPSA) is 60.4 Å². The molecule has 112 valence electrons. The molecule has 0 aromatic heterocycles. The van der Waals surface area contributed by atoms with Crippen molar-refractivity contribution in [1.82, 2.24) is 0 Å². The Morgan fingerprint density at radius 2 is 1.41 bits per heavy atom. The van der Waals surface area contributed by atoms with Gasteiger partial charge in [0.1, 0.15) is 5.75 Å². The highest BCUT2D eigenvalue weighted by Crippen LogP contribution is 2.26. The first kappa shape index (κ1) is 14.7. The molecule has 6 heteroatoms. The lowest BCUT2D eigenvalue weighted by atomic mass is 10.1. The second-order valence-electron chi connectivity index (χ2n) is 4.53. The summed E-state index contributed by atoms with van der Waals surface area (Å²) < 4.78 is 42.3. The van der Waals surface area contributed by atoms with Crippen LogP contribution in [0.3, 0.4) is 0 Å². The van der Waals surface area contributed by atoms with Crippen LogP contribution >= 0.6 is 0 Å². The van der Waals surface area contributed by atoms with E-state index in [1.165, 1.54) is 6.07 Å². The fourth-order valence-corrected chi connectivity index (χ4v) is 4.67. The van der Waals surface area contributed by atoms with E-state index in [9.17, 15) is 12.6 Å². The van der Waals surface area contributed by atoms with Crippen molar-refractivity contribution in [3.8, 4) is 5.75 Å². The summed E-state index contributed by atoms with van der Waals surface area (Å²) in [5, 5.41) is 1.29. The van der Waals surface area contributed by atoms with Gasteiger partial charge in [-0.15, -0.1) is 0 Å². The van der Waals surface area contributed by atoms with E-state index >= 15 is 0 Å². The van der Waals surface area contributed by atoms with Gasteiger partial charge in [-0.2, -0.15) is 4.21 Å². The SMILES string of the molecule is O=S(Oc1ccccc1)S(=O)(=O)c1cccc2ccccc12. The molecule has 3 aromatic rings. The van der Waals surface area contributed by atoms with Crippen LogP contribution in [0.4, 0.5) is 0 Å². The Balaban J connectivity index is 2.03. The van der Waals surface area contributed by atoms with Gasteiger partial charge < -0.3 is 4.18 Å². The Bertz CT molecular complexity index is 929. The number of rotatable bonds is 4. The predicted octanol–water partition coefficient (Wildman–Crippen LogP) is 3.27. The molecule has 0 spiro atoms. The third kappa shape index (κ3) is 2.75. The van der Waals surface area contributed by atoms with E-state index in [4.69, 9.17) is 4.18 Å². The molecule has 4 nitrogen and oxygen atoms in total. The molecule has 0 bridgehead atoms. The maximum atomic E-state index is 12.5. The smallest absolute Gasteiger partial charge is 0.334 e. The Kier molecular flexibility index (Phi) is 3.96. The summed E-state index contributed by atoms with van der Waals surface area (Å²) in [6, 6.07) is 20.1. The minimum atomic E-state index is -4.11. The maximum absolute atomic E-state index is 12.5. The fourth-order valence-electron chi connectivity index (χ4n) is 2.09. The minimum Gasteiger partial charge on any atom is -0.389 e. The minimum absolute atomic E-state index is 0.000126. The fraction of sp³-hybridized carbons (Fsp3) is 0. The highest BCUT2D eigenvalue weighted by Gasteiger charge is 2.27. The Hall–Kier alpha value is -2.18. The molecule has 0 radical (unpaired) electrons. The van der Waals surface area contributed by atoms with Crippen molar-refractivity contribution in [3.05, 3.63) is 72.8 Å². The van der Waals surface area contributed by atoms with Crippen LogP contribution in [0.1, 0.15) is 0 Å². The largest absolute Gasteiger partial charge is 0.389 e. The first-order valence-corrected chi connectivity index (χ1v) is 9.55. The van der Waals surface area contributed by atoms with Crippen molar-refractivity contribution in [3.63, 3.8) is 0 Å². The van der Waals surface area contributed by atoms with E-state index in [0.29, 0.717) is 5.39 Å². The van der Waals surface area contributed by atoms with Crippen LogP contribution in [0.5, 0.6) is 5.75 Å². The van der Waals surface area contributed by atoms with Crippen LogP contribution in [0.2, 0.25) is 0 Å². The second kappa shape index (κ2) is 5.90. The average molecular weight is 332 g/mol. The van der Waals surface area contributed by atoms with Gasteiger partial charge in [-0.1, -0.05) is 54.6 Å². The normalized spacial score (nSPS) is 12.9. The van der Waals surface area contributed by atoms with E-state index in [1.807, 2.05) is 6.07 Å². The summed E-state index contributed by atoms with van der Waals surface area (Å²) in [4.78, 5) is -0.000126. The van der Waals surface area contributed by atoms with E-state index in [-0.39, 0.29) is 10.6 Å². The van der Waals surface area contributed by atoms with Gasteiger partial charge in [-0.25, -0.2) is 8.42 Å². The van der Waals surface area contributed by atoms with Crippen molar-refractivity contribution in [2.75, 3.05) is 0 Å².